The highest BCUT2D eigenvalue weighted by atomic mass is 32.3. The highest BCUT2D eigenvalue weighted by Crippen LogP contribution is 2.46. The molecule has 0 fully saturated rings. The smallest absolute Gasteiger partial charge is 0.284 e. The molecule has 0 aliphatic heterocycles. The molecular weight excluding hydrogens is 344 g/mol. The largest absolute Gasteiger partial charge is 0.350 e. The Morgan fingerprint density at radius 2 is 1.62 bits per heavy atom. The zero-order chi connectivity index (χ0) is 19.0. The number of hydrogen-bond donors (Lipinski definition) is 2. The van der Waals surface area contributed by atoms with Crippen molar-refractivity contribution in [3.8, 4) is 6.07 Å². The number of hydrogen-bond acceptors (Lipinski definition) is 4. The van der Waals surface area contributed by atoms with Gasteiger partial charge >= 0.3 is 0 Å². The van der Waals surface area contributed by atoms with Crippen LogP contribution in [0.5, 0.6) is 0 Å². The molecule has 0 spiro atoms. The van der Waals surface area contributed by atoms with Gasteiger partial charge in [-0.3, -0.25) is 4.79 Å². The molecule has 0 bridgehead atoms. The number of rotatable bonds is 6. The highest BCUT2D eigenvalue weighted by molar-refractivity contribution is 8.35. The summed E-state index contributed by atoms with van der Waals surface area (Å²) in [5.41, 5.74) is 4.18. The van der Waals surface area contributed by atoms with Crippen molar-refractivity contribution in [3.05, 3.63) is 76.8 Å². The third-order valence-electron chi connectivity index (χ3n) is 3.39. The van der Waals surface area contributed by atoms with Gasteiger partial charge in [0.25, 0.3) is 5.91 Å². The van der Waals surface area contributed by atoms with Crippen LogP contribution in [0.25, 0.3) is 0 Å². The van der Waals surface area contributed by atoms with Gasteiger partial charge in [0.15, 0.2) is 0 Å². The molecule has 5 nitrogen and oxygen atoms in total. The monoisotopic (exact) mass is 366 g/mol. The lowest BCUT2D eigenvalue weighted by Gasteiger charge is -2.30. The summed E-state index contributed by atoms with van der Waals surface area (Å²) in [6.07, 6.45) is 7.61. The zero-order valence-electron chi connectivity index (χ0n) is 15.1. The summed E-state index contributed by atoms with van der Waals surface area (Å²) in [4.78, 5) is 12.5. The normalized spacial score (nSPS) is 12.8. The van der Waals surface area contributed by atoms with Crippen molar-refractivity contribution in [3.63, 3.8) is 0 Å². The third kappa shape index (κ3) is 5.50. The van der Waals surface area contributed by atoms with Crippen molar-refractivity contribution in [2.45, 2.75) is 0 Å². The van der Waals surface area contributed by atoms with E-state index in [2.05, 4.69) is 15.8 Å². The number of carbonyl (C=O) groups excluding carboxylic acids is 1. The molecule has 0 heterocycles. The first-order chi connectivity index (χ1) is 12.4. The van der Waals surface area contributed by atoms with Gasteiger partial charge in [0, 0.05) is 5.69 Å². The van der Waals surface area contributed by atoms with E-state index in [1.165, 1.54) is 0 Å². The van der Waals surface area contributed by atoms with Crippen molar-refractivity contribution in [2.75, 3.05) is 24.1 Å². The van der Waals surface area contributed by atoms with E-state index in [4.69, 9.17) is 0 Å². The number of hydrazone groups is 1. The van der Waals surface area contributed by atoms with Crippen LogP contribution in [0, 0.1) is 11.3 Å². The van der Waals surface area contributed by atoms with E-state index in [9.17, 15) is 10.1 Å². The standard InChI is InChI=1S/C20H22N4OS/c1-26(2,3)20(23-17-12-8-5-9-13-17)18(14-21)19(25)24-22-15-16-10-6-4-7-11-16/h4-13,15,23H,1-3H3,(H,24,25)/b20-18+,22-15+. The average molecular weight is 366 g/mol. The molecule has 1 amide bonds. The van der Waals surface area contributed by atoms with Crippen LogP contribution in [-0.4, -0.2) is 30.9 Å². The second kappa shape index (κ2) is 8.88. The number of amides is 1. The summed E-state index contributed by atoms with van der Waals surface area (Å²) >= 11 is 0. The second-order valence-electron chi connectivity index (χ2n) is 6.25. The molecule has 2 rings (SSSR count). The summed E-state index contributed by atoms with van der Waals surface area (Å²) in [6.45, 7) is 0. The topological polar surface area (TPSA) is 77.3 Å². The minimum Gasteiger partial charge on any atom is -0.350 e. The molecular formula is C20H22N4OS. The van der Waals surface area contributed by atoms with Crippen molar-refractivity contribution < 1.29 is 4.79 Å². The predicted octanol–water partition coefficient (Wildman–Crippen LogP) is 3.68. The van der Waals surface area contributed by atoms with Crippen LogP contribution >= 0.6 is 10.0 Å². The number of carbonyl (C=O) groups is 1. The minimum atomic E-state index is -1.36. The first kappa shape index (κ1) is 19.3. The van der Waals surface area contributed by atoms with Gasteiger partial charge in [0.05, 0.1) is 11.2 Å². The summed E-state index contributed by atoms with van der Waals surface area (Å²) < 4.78 is 0. The van der Waals surface area contributed by atoms with Gasteiger partial charge in [-0.05, 0) is 36.5 Å². The maximum Gasteiger partial charge on any atom is 0.284 e. The van der Waals surface area contributed by atoms with Crippen molar-refractivity contribution in [1.82, 2.24) is 5.43 Å². The second-order valence-corrected chi connectivity index (χ2v) is 10.3. The molecule has 0 unspecified atom stereocenters. The Morgan fingerprint density at radius 1 is 1.04 bits per heavy atom. The lowest BCUT2D eigenvalue weighted by atomic mass is 10.2. The molecule has 134 valence electrons. The van der Waals surface area contributed by atoms with Gasteiger partial charge in [-0.25, -0.2) is 15.5 Å². The Bertz CT molecular complexity index is 847. The van der Waals surface area contributed by atoms with E-state index in [1.807, 2.05) is 85.5 Å². The fourth-order valence-electron chi connectivity index (χ4n) is 2.14. The van der Waals surface area contributed by atoms with Gasteiger partial charge in [0.2, 0.25) is 0 Å². The molecule has 6 heteroatoms. The lowest BCUT2D eigenvalue weighted by molar-refractivity contribution is -0.117. The van der Waals surface area contributed by atoms with Gasteiger partial charge in [0.1, 0.15) is 11.6 Å². The van der Waals surface area contributed by atoms with Crippen LogP contribution in [0.3, 0.4) is 0 Å². The van der Waals surface area contributed by atoms with Crippen LogP contribution in [-0.2, 0) is 4.79 Å². The van der Waals surface area contributed by atoms with Crippen LogP contribution in [0.1, 0.15) is 5.56 Å². The number of nitrogens with one attached hydrogen (secondary N) is 2. The van der Waals surface area contributed by atoms with E-state index < -0.39 is 15.9 Å². The molecule has 26 heavy (non-hydrogen) atoms. The quantitative estimate of drug-likeness (QED) is 0.354. The SMILES string of the molecule is CS(C)(C)/C(Nc1ccccc1)=C(\C#N)C(=O)N/N=C/c1ccccc1. The van der Waals surface area contributed by atoms with Crippen molar-refractivity contribution in [1.29, 1.82) is 5.26 Å². The maximum atomic E-state index is 12.5. The summed E-state index contributed by atoms with van der Waals surface area (Å²) in [5.74, 6) is -0.527. The fourth-order valence-corrected chi connectivity index (χ4v) is 3.31. The zero-order valence-corrected chi connectivity index (χ0v) is 15.9. The Balaban J connectivity index is 2.25. The first-order valence-corrected chi connectivity index (χ1v) is 10.8. The van der Waals surface area contributed by atoms with E-state index in [0.717, 1.165) is 11.3 Å². The molecule has 0 aliphatic carbocycles. The first-order valence-electron chi connectivity index (χ1n) is 7.95. The lowest BCUT2D eigenvalue weighted by Crippen LogP contribution is -2.23. The number of benzene rings is 2. The van der Waals surface area contributed by atoms with Crippen LogP contribution in [0.4, 0.5) is 5.69 Å². The van der Waals surface area contributed by atoms with Crippen LogP contribution < -0.4 is 10.7 Å². The molecule has 2 aromatic carbocycles. The minimum absolute atomic E-state index is 0.0431. The Labute approximate surface area is 155 Å². The Hall–Kier alpha value is -3.04. The Kier molecular flexibility index (Phi) is 6.59. The molecule has 0 atom stereocenters. The molecule has 2 N–H and O–H groups in total. The van der Waals surface area contributed by atoms with Crippen LogP contribution in [0.2, 0.25) is 0 Å². The molecule has 2 aromatic rings. The highest BCUT2D eigenvalue weighted by Gasteiger charge is 2.22. The van der Waals surface area contributed by atoms with Gasteiger partial charge < -0.3 is 5.32 Å². The van der Waals surface area contributed by atoms with Gasteiger partial charge in [-0.1, -0.05) is 48.5 Å². The van der Waals surface area contributed by atoms with Crippen molar-refractivity contribution in [2.24, 2.45) is 5.10 Å². The van der Waals surface area contributed by atoms with Gasteiger partial charge in [-0.2, -0.15) is 10.4 Å². The predicted molar refractivity (Wildman–Crippen MR) is 110 cm³/mol. The van der Waals surface area contributed by atoms with E-state index in [1.54, 1.807) is 6.21 Å². The summed E-state index contributed by atoms with van der Waals surface area (Å²) in [5, 5.41) is 17.4. The maximum absolute atomic E-state index is 12.5. The molecule has 0 saturated heterocycles. The number of nitrogens with zero attached hydrogens (tertiary/aromatic N) is 2. The summed E-state index contributed by atoms with van der Waals surface area (Å²) in [6, 6.07) is 20.9. The Morgan fingerprint density at radius 3 is 2.15 bits per heavy atom. The fraction of sp³-hybridized carbons (Fsp3) is 0.150. The molecule has 0 aromatic heterocycles. The molecule has 0 saturated carbocycles. The van der Waals surface area contributed by atoms with E-state index in [0.29, 0.717) is 5.03 Å². The molecule has 0 radical (unpaired) electrons. The van der Waals surface area contributed by atoms with Gasteiger partial charge in [-0.15, -0.1) is 0 Å². The number of nitriles is 1. The number of para-hydroxylation sites is 1. The average Bonchev–Trinajstić information content (AvgIpc) is 2.62. The third-order valence-corrected chi connectivity index (χ3v) is 4.92. The van der Waals surface area contributed by atoms with Crippen molar-refractivity contribution >= 4 is 27.8 Å². The number of anilines is 1. The molecule has 0 aliphatic rings. The van der Waals surface area contributed by atoms with E-state index in [-0.39, 0.29) is 5.57 Å². The van der Waals surface area contributed by atoms with E-state index >= 15 is 0 Å². The summed E-state index contributed by atoms with van der Waals surface area (Å²) in [7, 11) is -1.36. The van der Waals surface area contributed by atoms with Crippen LogP contribution in [0.15, 0.2) is 76.4 Å².